The van der Waals surface area contributed by atoms with E-state index in [1.807, 2.05) is 37.3 Å². The molecule has 0 spiro atoms. The average molecular weight is 405 g/mol. The normalized spacial score (nSPS) is 14.7. The molecule has 7 nitrogen and oxygen atoms in total. The van der Waals surface area contributed by atoms with Gasteiger partial charge in [0.05, 0.1) is 20.8 Å². The lowest BCUT2D eigenvalue weighted by atomic mass is 10.0. The number of rotatable bonds is 5. The van der Waals surface area contributed by atoms with Gasteiger partial charge in [0.1, 0.15) is 6.10 Å². The van der Waals surface area contributed by atoms with Crippen molar-refractivity contribution < 1.29 is 19.0 Å². The predicted octanol–water partition coefficient (Wildman–Crippen LogP) is 4.21. The number of carbonyl (C=O) groups is 1. The highest BCUT2D eigenvalue weighted by Crippen LogP contribution is 2.35. The Kier molecular flexibility index (Phi) is 5.43. The number of hydrogen-bond acceptors (Lipinski definition) is 6. The van der Waals surface area contributed by atoms with E-state index in [-0.39, 0.29) is 12.0 Å². The SMILES string of the molecule is COc1ccc(C(=O)Nc2ccc(C)cc2C2CNc3ncccc3O2)cc1OC. The highest BCUT2D eigenvalue weighted by atomic mass is 16.5. The second kappa shape index (κ2) is 8.32. The van der Waals surface area contributed by atoms with E-state index in [1.54, 1.807) is 31.5 Å². The first-order valence-electron chi connectivity index (χ1n) is 9.58. The monoisotopic (exact) mass is 405 g/mol. The quantitative estimate of drug-likeness (QED) is 0.662. The minimum atomic E-state index is -0.262. The van der Waals surface area contributed by atoms with E-state index in [4.69, 9.17) is 14.2 Å². The zero-order chi connectivity index (χ0) is 21.1. The Morgan fingerprint density at radius 3 is 2.77 bits per heavy atom. The van der Waals surface area contributed by atoms with E-state index < -0.39 is 0 Å². The molecular weight excluding hydrogens is 382 g/mol. The lowest BCUT2D eigenvalue weighted by Gasteiger charge is -2.28. The van der Waals surface area contributed by atoms with Gasteiger partial charge < -0.3 is 24.8 Å². The molecule has 0 saturated heterocycles. The summed E-state index contributed by atoms with van der Waals surface area (Å²) in [5.74, 6) is 2.23. The van der Waals surface area contributed by atoms with Gasteiger partial charge in [0.15, 0.2) is 23.1 Å². The third kappa shape index (κ3) is 3.87. The molecule has 2 heterocycles. The Balaban J connectivity index is 1.61. The van der Waals surface area contributed by atoms with E-state index in [0.29, 0.717) is 35.0 Å². The third-order valence-corrected chi connectivity index (χ3v) is 4.94. The maximum absolute atomic E-state index is 12.9. The van der Waals surface area contributed by atoms with Crippen molar-refractivity contribution in [3.05, 3.63) is 71.4 Å². The molecule has 1 aromatic heterocycles. The van der Waals surface area contributed by atoms with Crippen molar-refractivity contribution in [1.29, 1.82) is 0 Å². The first-order valence-corrected chi connectivity index (χ1v) is 9.58. The number of nitrogens with one attached hydrogen (secondary N) is 2. The molecule has 1 atom stereocenters. The number of fused-ring (bicyclic) bond motifs is 1. The maximum Gasteiger partial charge on any atom is 0.255 e. The van der Waals surface area contributed by atoms with Crippen LogP contribution < -0.4 is 24.8 Å². The minimum Gasteiger partial charge on any atom is -0.493 e. The second-order valence-corrected chi connectivity index (χ2v) is 6.95. The van der Waals surface area contributed by atoms with Crippen LogP contribution in [-0.4, -0.2) is 31.7 Å². The Hall–Kier alpha value is -3.74. The molecule has 0 saturated carbocycles. The molecule has 2 N–H and O–H groups in total. The van der Waals surface area contributed by atoms with Crippen LogP contribution in [0.5, 0.6) is 17.2 Å². The van der Waals surface area contributed by atoms with Crippen LogP contribution in [0.25, 0.3) is 0 Å². The van der Waals surface area contributed by atoms with Crippen LogP contribution in [0.1, 0.15) is 27.6 Å². The summed E-state index contributed by atoms with van der Waals surface area (Å²) in [4.78, 5) is 17.2. The summed E-state index contributed by atoms with van der Waals surface area (Å²) in [6.45, 7) is 2.56. The molecule has 0 bridgehead atoms. The van der Waals surface area contributed by atoms with Gasteiger partial charge in [-0.15, -0.1) is 0 Å². The van der Waals surface area contributed by atoms with E-state index in [9.17, 15) is 4.79 Å². The van der Waals surface area contributed by atoms with Crippen LogP contribution in [-0.2, 0) is 0 Å². The van der Waals surface area contributed by atoms with E-state index >= 15 is 0 Å². The number of benzene rings is 2. The summed E-state index contributed by atoms with van der Waals surface area (Å²) in [5.41, 5.74) is 3.14. The molecule has 154 valence electrons. The highest BCUT2D eigenvalue weighted by molar-refractivity contribution is 6.05. The molecule has 0 radical (unpaired) electrons. The molecule has 1 aliphatic rings. The van der Waals surface area contributed by atoms with Gasteiger partial charge in [-0.05, 0) is 43.3 Å². The number of hydrogen-bond donors (Lipinski definition) is 2. The predicted molar refractivity (Wildman–Crippen MR) is 115 cm³/mol. The Morgan fingerprint density at radius 1 is 1.13 bits per heavy atom. The molecule has 0 aliphatic carbocycles. The number of pyridine rings is 1. The molecule has 2 aromatic carbocycles. The van der Waals surface area contributed by atoms with Crippen molar-refractivity contribution in [2.24, 2.45) is 0 Å². The number of aryl methyl sites for hydroxylation is 1. The number of nitrogens with zero attached hydrogens (tertiary/aromatic N) is 1. The standard InChI is InChI=1S/C23H23N3O4/c1-14-6-8-17(26-23(27)15-7-9-18(28-2)20(12-15)29-3)16(11-14)21-13-25-22-19(30-21)5-4-10-24-22/h4-12,21H,13H2,1-3H3,(H,24,25)(H,26,27). The molecule has 3 aromatic rings. The van der Waals surface area contributed by atoms with Gasteiger partial charge in [0.2, 0.25) is 0 Å². The number of aromatic nitrogens is 1. The number of amides is 1. The first-order chi connectivity index (χ1) is 14.6. The van der Waals surface area contributed by atoms with Crippen molar-refractivity contribution in [3.63, 3.8) is 0 Å². The lowest BCUT2D eigenvalue weighted by molar-refractivity contribution is 0.102. The summed E-state index contributed by atoms with van der Waals surface area (Å²) in [6.07, 6.45) is 1.46. The van der Waals surface area contributed by atoms with Gasteiger partial charge >= 0.3 is 0 Å². The summed E-state index contributed by atoms with van der Waals surface area (Å²) in [7, 11) is 3.10. The summed E-state index contributed by atoms with van der Waals surface area (Å²) >= 11 is 0. The fraction of sp³-hybridized carbons (Fsp3) is 0.217. The average Bonchev–Trinajstić information content (AvgIpc) is 2.79. The molecule has 30 heavy (non-hydrogen) atoms. The van der Waals surface area contributed by atoms with Crippen molar-refractivity contribution in [3.8, 4) is 17.2 Å². The van der Waals surface area contributed by atoms with Gasteiger partial charge in [-0.2, -0.15) is 0 Å². The molecule has 7 heteroatoms. The Labute approximate surface area is 175 Å². The fourth-order valence-electron chi connectivity index (χ4n) is 3.41. The smallest absolute Gasteiger partial charge is 0.255 e. The van der Waals surface area contributed by atoms with Crippen molar-refractivity contribution in [2.45, 2.75) is 13.0 Å². The molecule has 1 amide bonds. The molecule has 0 fully saturated rings. The van der Waals surface area contributed by atoms with Gasteiger partial charge in [0.25, 0.3) is 5.91 Å². The van der Waals surface area contributed by atoms with Gasteiger partial charge in [-0.3, -0.25) is 4.79 Å². The molecule has 1 aliphatic heterocycles. The number of methoxy groups -OCH3 is 2. The van der Waals surface area contributed by atoms with Crippen LogP contribution in [0.3, 0.4) is 0 Å². The minimum absolute atomic E-state index is 0.244. The lowest BCUT2D eigenvalue weighted by Crippen LogP contribution is -2.26. The zero-order valence-corrected chi connectivity index (χ0v) is 17.1. The van der Waals surface area contributed by atoms with Crippen LogP contribution in [0, 0.1) is 6.92 Å². The molecule has 4 rings (SSSR count). The first kappa shape index (κ1) is 19.6. The summed E-state index contributed by atoms with van der Waals surface area (Å²) in [6, 6.07) is 14.6. The van der Waals surface area contributed by atoms with E-state index in [0.717, 1.165) is 16.9 Å². The fourth-order valence-corrected chi connectivity index (χ4v) is 3.41. The molecular formula is C23H23N3O4. The topological polar surface area (TPSA) is 81.7 Å². The summed E-state index contributed by atoms with van der Waals surface area (Å²) in [5, 5.41) is 6.30. The second-order valence-electron chi connectivity index (χ2n) is 6.95. The van der Waals surface area contributed by atoms with Gasteiger partial charge in [-0.1, -0.05) is 17.7 Å². The zero-order valence-electron chi connectivity index (χ0n) is 17.1. The van der Waals surface area contributed by atoms with Crippen molar-refractivity contribution in [1.82, 2.24) is 4.98 Å². The third-order valence-electron chi connectivity index (χ3n) is 4.94. The summed E-state index contributed by atoms with van der Waals surface area (Å²) < 4.78 is 16.7. The van der Waals surface area contributed by atoms with Crippen LogP contribution in [0.15, 0.2) is 54.7 Å². The highest BCUT2D eigenvalue weighted by Gasteiger charge is 2.25. The van der Waals surface area contributed by atoms with E-state index in [2.05, 4.69) is 15.6 Å². The number of anilines is 2. The maximum atomic E-state index is 12.9. The van der Waals surface area contributed by atoms with Gasteiger partial charge in [-0.25, -0.2) is 4.98 Å². The van der Waals surface area contributed by atoms with Crippen molar-refractivity contribution >= 4 is 17.4 Å². The van der Waals surface area contributed by atoms with Gasteiger partial charge in [0, 0.05) is 23.0 Å². The largest absolute Gasteiger partial charge is 0.493 e. The number of carbonyl (C=O) groups excluding carboxylic acids is 1. The number of ether oxygens (including phenoxy) is 3. The van der Waals surface area contributed by atoms with E-state index in [1.165, 1.54) is 7.11 Å². The Bertz CT molecular complexity index is 1080. The molecule has 1 unspecified atom stereocenters. The Morgan fingerprint density at radius 2 is 1.97 bits per heavy atom. The van der Waals surface area contributed by atoms with Crippen LogP contribution >= 0.6 is 0 Å². The van der Waals surface area contributed by atoms with Crippen LogP contribution in [0.2, 0.25) is 0 Å². The van der Waals surface area contributed by atoms with Crippen LogP contribution in [0.4, 0.5) is 11.5 Å². The van der Waals surface area contributed by atoms with Crippen molar-refractivity contribution in [2.75, 3.05) is 31.4 Å².